The molecule has 1 heterocycles. The summed E-state index contributed by atoms with van der Waals surface area (Å²) in [5.41, 5.74) is 8.21. The Balaban J connectivity index is 2.37. The Labute approximate surface area is 135 Å². The van der Waals surface area contributed by atoms with Gasteiger partial charge in [-0.1, -0.05) is 0 Å². The zero-order chi connectivity index (χ0) is 16.8. The largest absolute Gasteiger partial charge is 0.508 e. The molecule has 0 saturated heterocycles. The van der Waals surface area contributed by atoms with E-state index in [9.17, 15) is 5.11 Å². The number of nitrogens with one attached hydrogen (secondary N) is 2. The molecule has 0 saturated carbocycles. The average Bonchev–Trinajstić information content (AvgIpc) is 2.50. The molecule has 0 aliphatic carbocycles. The van der Waals surface area contributed by atoms with Crippen LogP contribution in [0.2, 0.25) is 0 Å². The summed E-state index contributed by atoms with van der Waals surface area (Å²) in [5, 5.41) is 29.8. The molecule has 5 N–H and O–H groups in total. The van der Waals surface area contributed by atoms with Crippen molar-refractivity contribution < 1.29 is 5.11 Å². The maximum absolute atomic E-state index is 9.76. The van der Waals surface area contributed by atoms with E-state index in [1.807, 2.05) is 19.1 Å². The first-order chi connectivity index (χ1) is 11.0. The van der Waals surface area contributed by atoms with Gasteiger partial charge in [0.05, 0.1) is 11.8 Å². The van der Waals surface area contributed by atoms with Gasteiger partial charge >= 0.3 is 0 Å². The molecule has 0 radical (unpaired) electrons. The fourth-order valence-electron chi connectivity index (χ4n) is 2.45. The molecule has 1 aliphatic heterocycles. The zero-order valence-corrected chi connectivity index (χ0v) is 12.9. The molecule has 0 fully saturated rings. The minimum atomic E-state index is -0.103. The maximum atomic E-state index is 9.76. The van der Waals surface area contributed by atoms with Crippen LogP contribution in [0.3, 0.4) is 0 Å². The number of aromatic hydroxyl groups is 1. The van der Waals surface area contributed by atoms with Gasteiger partial charge in [-0.05, 0) is 43.2 Å². The van der Waals surface area contributed by atoms with Gasteiger partial charge in [0, 0.05) is 29.5 Å². The van der Waals surface area contributed by atoms with Gasteiger partial charge in [-0.2, -0.15) is 5.26 Å². The molecule has 118 valence electrons. The minimum Gasteiger partial charge on any atom is -0.508 e. The highest BCUT2D eigenvalue weighted by atomic mass is 16.3. The summed E-state index contributed by atoms with van der Waals surface area (Å²) in [7, 11) is 0. The Morgan fingerprint density at radius 1 is 1.57 bits per heavy atom. The third-order valence-electron chi connectivity index (χ3n) is 3.45. The van der Waals surface area contributed by atoms with Crippen molar-refractivity contribution in [2.75, 3.05) is 6.54 Å². The van der Waals surface area contributed by atoms with E-state index < -0.39 is 0 Å². The van der Waals surface area contributed by atoms with Crippen molar-refractivity contribution in [3.63, 3.8) is 0 Å². The standard InChI is InChI=1S/C17H19N5O/c1-11-6-13(8-14(23)7-11)17(20)15(10-21-5-3-18)12-2-4-22-16(19)9-12/h4,6-10,12,20-21,23H,2,5,19H2,1H3/b15-10-,20-17?. The lowest BCUT2D eigenvalue weighted by Gasteiger charge is -2.20. The first-order valence-electron chi connectivity index (χ1n) is 7.21. The summed E-state index contributed by atoms with van der Waals surface area (Å²) in [5.74, 6) is 0.426. The molecule has 23 heavy (non-hydrogen) atoms. The molecule has 0 bridgehead atoms. The molecule has 6 heteroatoms. The lowest BCUT2D eigenvalue weighted by atomic mass is 9.88. The third-order valence-corrected chi connectivity index (χ3v) is 3.45. The number of nitrogens with zero attached hydrogens (tertiary/aromatic N) is 2. The Hall–Kier alpha value is -3.07. The van der Waals surface area contributed by atoms with Gasteiger partial charge in [-0.15, -0.1) is 0 Å². The van der Waals surface area contributed by atoms with Crippen LogP contribution in [0, 0.1) is 29.6 Å². The topological polar surface area (TPSA) is 118 Å². The van der Waals surface area contributed by atoms with Crippen molar-refractivity contribution in [3.05, 3.63) is 53.0 Å². The van der Waals surface area contributed by atoms with E-state index in [1.165, 1.54) is 0 Å². The fourth-order valence-corrected chi connectivity index (χ4v) is 2.45. The molecular weight excluding hydrogens is 290 g/mol. The van der Waals surface area contributed by atoms with Gasteiger partial charge in [0.15, 0.2) is 0 Å². The predicted molar refractivity (Wildman–Crippen MR) is 90.2 cm³/mol. The molecule has 6 nitrogen and oxygen atoms in total. The molecule has 1 aromatic carbocycles. The highest BCUT2D eigenvalue weighted by molar-refractivity contribution is 6.11. The van der Waals surface area contributed by atoms with Gasteiger partial charge < -0.3 is 16.2 Å². The van der Waals surface area contributed by atoms with Crippen molar-refractivity contribution in [2.24, 2.45) is 16.6 Å². The SMILES string of the molecule is Cc1cc(O)cc(C(=N)/C(=C\NCC#N)C2C=C(N)N=CC2)c1. The van der Waals surface area contributed by atoms with Crippen LogP contribution in [0.4, 0.5) is 0 Å². The summed E-state index contributed by atoms with van der Waals surface area (Å²) >= 11 is 0. The molecule has 1 aromatic rings. The van der Waals surface area contributed by atoms with E-state index >= 15 is 0 Å². The van der Waals surface area contributed by atoms with E-state index in [2.05, 4.69) is 10.3 Å². The van der Waals surface area contributed by atoms with Crippen molar-refractivity contribution in [2.45, 2.75) is 13.3 Å². The number of allylic oxidation sites excluding steroid dienone is 2. The molecule has 0 aromatic heterocycles. The molecular formula is C17H19N5O. The summed E-state index contributed by atoms with van der Waals surface area (Å²) in [4.78, 5) is 4.02. The Kier molecular flexibility index (Phi) is 5.15. The normalized spacial score (nSPS) is 17.3. The lowest BCUT2D eigenvalue weighted by Crippen LogP contribution is -2.20. The summed E-state index contributed by atoms with van der Waals surface area (Å²) in [6.45, 7) is 2.01. The quantitative estimate of drug-likeness (QED) is 0.377. The third kappa shape index (κ3) is 4.20. The second kappa shape index (κ2) is 7.27. The number of phenols is 1. The van der Waals surface area contributed by atoms with Crippen LogP contribution < -0.4 is 11.1 Å². The van der Waals surface area contributed by atoms with Crippen LogP contribution in [0.25, 0.3) is 0 Å². The predicted octanol–water partition coefficient (Wildman–Crippen LogP) is 1.96. The van der Waals surface area contributed by atoms with Crippen LogP contribution >= 0.6 is 0 Å². The molecule has 1 atom stereocenters. The van der Waals surface area contributed by atoms with E-state index in [-0.39, 0.29) is 23.9 Å². The highest BCUT2D eigenvalue weighted by Gasteiger charge is 2.20. The molecule has 0 spiro atoms. The number of nitriles is 1. The van der Waals surface area contributed by atoms with Crippen LogP contribution in [-0.4, -0.2) is 23.6 Å². The summed E-state index contributed by atoms with van der Waals surface area (Å²) in [6.07, 6.45) is 5.81. The van der Waals surface area contributed by atoms with Crippen LogP contribution in [-0.2, 0) is 0 Å². The van der Waals surface area contributed by atoms with Gasteiger partial charge in [-0.3, -0.25) is 5.41 Å². The first-order valence-corrected chi connectivity index (χ1v) is 7.21. The number of nitrogens with two attached hydrogens (primary N) is 1. The number of aryl methyl sites for hydroxylation is 1. The maximum Gasteiger partial charge on any atom is 0.119 e. The van der Waals surface area contributed by atoms with Crippen molar-refractivity contribution >= 4 is 11.9 Å². The Bertz CT molecular complexity index is 720. The average molecular weight is 309 g/mol. The highest BCUT2D eigenvalue weighted by Crippen LogP contribution is 2.25. The van der Waals surface area contributed by atoms with Crippen molar-refractivity contribution in [3.8, 4) is 11.8 Å². The van der Waals surface area contributed by atoms with E-state index in [1.54, 1.807) is 30.6 Å². The second-order valence-electron chi connectivity index (χ2n) is 5.32. The number of aliphatic imine (C=N–C) groups is 1. The van der Waals surface area contributed by atoms with Crippen LogP contribution in [0.15, 0.2) is 46.9 Å². The number of benzene rings is 1. The number of hydrogen-bond acceptors (Lipinski definition) is 6. The first kappa shape index (κ1) is 16.3. The second-order valence-corrected chi connectivity index (χ2v) is 5.32. The van der Waals surface area contributed by atoms with Crippen LogP contribution in [0.5, 0.6) is 5.75 Å². The summed E-state index contributed by atoms with van der Waals surface area (Å²) < 4.78 is 0. The van der Waals surface area contributed by atoms with E-state index in [4.69, 9.17) is 16.4 Å². The molecule has 1 aliphatic rings. The van der Waals surface area contributed by atoms with Gasteiger partial charge in [0.2, 0.25) is 0 Å². The van der Waals surface area contributed by atoms with Crippen molar-refractivity contribution in [1.82, 2.24) is 5.32 Å². The van der Waals surface area contributed by atoms with Gasteiger partial charge in [0.1, 0.15) is 18.1 Å². The number of rotatable bonds is 5. The smallest absolute Gasteiger partial charge is 0.119 e. The number of phenolic OH excluding ortho intramolecular Hbond substituents is 1. The minimum absolute atomic E-state index is 0.103. The van der Waals surface area contributed by atoms with Crippen LogP contribution in [0.1, 0.15) is 17.5 Å². The lowest BCUT2D eigenvalue weighted by molar-refractivity contribution is 0.475. The van der Waals surface area contributed by atoms with Gasteiger partial charge in [0.25, 0.3) is 0 Å². The number of hydrogen-bond donors (Lipinski definition) is 4. The summed E-state index contributed by atoms with van der Waals surface area (Å²) in [6, 6.07) is 7.03. The van der Waals surface area contributed by atoms with E-state index in [0.29, 0.717) is 23.4 Å². The monoisotopic (exact) mass is 309 g/mol. The fraction of sp³-hybridized carbons (Fsp3) is 0.235. The zero-order valence-electron chi connectivity index (χ0n) is 12.9. The van der Waals surface area contributed by atoms with Gasteiger partial charge in [-0.25, -0.2) is 4.99 Å². The molecule has 1 unspecified atom stereocenters. The molecule has 2 rings (SSSR count). The Morgan fingerprint density at radius 2 is 2.35 bits per heavy atom. The van der Waals surface area contributed by atoms with E-state index in [0.717, 1.165) is 5.56 Å². The van der Waals surface area contributed by atoms with Crippen molar-refractivity contribution in [1.29, 1.82) is 10.7 Å². The molecule has 0 amide bonds. The Morgan fingerprint density at radius 3 is 3.00 bits per heavy atom.